The number of hydrogen-bond acceptors (Lipinski definition) is 3. The van der Waals surface area contributed by atoms with E-state index in [0.717, 1.165) is 11.3 Å². The fourth-order valence-corrected chi connectivity index (χ4v) is 2.26. The SMILES string of the molecule is CCOc1ccc(NC(=O)[C@@H](C)Oc2ccc(Cl)cc2C)cc1. The minimum atomic E-state index is -0.624. The summed E-state index contributed by atoms with van der Waals surface area (Å²) in [5, 5.41) is 3.46. The molecule has 0 saturated heterocycles. The van der Waals surface area contributed by atoms with Crippen LogP contribution in [0.25, 0.3) is 0 Å². The Morgan fingerprint density at radius 1 is 1.22 bits per heavy atom. The lowest BCUT2D eigenvalue weighted by atomic mass is 10.2. The van der Waals surface area contributed by atoms with Crippen LogP contribution in [0.5, 0.6) is 11.5 Å². The summed E-state index contributed by atoms with van der Waals surface area (Å²) in [6.45, 7) is 6.13. The highest BCUT2D eigenvalue weighted by Gasteiger charge is 2.16. The molecule has 2 aromatic carbocycles. The molecule has 0 saturated carbocycles. The van der Waals surface area contributed by atoms with Crippen LogP contribution in [0.2, 0.25) is 5.02 Å². The first kappa shape index (κ1) is 17.2. The van der Waals surface area contributed by atoms with E-state index in [9.17, 15) is 4.79 Å². The number of aryl methyl sites for hydroxylation is 1. The number of carbonyl (C=O) groups is 1. The molecular formula is C18H20ClNO3. The second-order valence-electron chi connectivity index (χ2n) is 5.12. The molecule has 23 heavy (non-hydrogen) atoms. The molecular weight excluding hydrogens is 314 g/mol. The van der Waals surface area contributed by atoms with Crippen molar-refractivity contribution in [2.24, 2.45) is 0 Å². The number of rotatable bonds is 6. The molecule has 0 aliphatic heterocycles. The summed E-state index contributed by atoms with van der Waals surface area (Å²) in [4.78, 5) is 12.2. The molecule has 0 radical (unpaired) electrons. The lowest BCUT2D eigenvalue weighted by molar-refractivity contribution is -0.122. The predicted octanol–water partition coefficient (Wildman–Crippen LogP) is 4.45. The van der Waals surface area contributed by atoms with Gasteiger partial charge in [-0.1, -0.05) is 11.6 Å². The minimum absolute atomic E-state index is 0.219. The van der Waals surface area contributed by atoms with Crippen molar-refractivity contribution in [2.75, 3.05) is 11.9 Å². The van der Waals surface area contributed by atoms with Gasteiger partial charge < -0.3 is 14.8 Å². The summed E-state index contributed by atoms with van der Waals surface area (Å²) in [5.41, 5.74) is 1.58. The van der Waals surface area contributed by atoms with Crippen molar-refractivity contribution in [1.82, 2.24) is 0 Å². The number of halogens is 1. The molecule has 0 heterocycles. The van der Waals surface area contributed by atoms with E-state index in [-0.39, 0.29) is 5.91 Å². The Morgan fingerprint density at radius 2 is 1.91 bits per heavy atom. The van der Waals surface area contributed by atoms with Crippen LogP contribution in [0.1, 0.15) is 19.4 Å². The summed E-state index contributed by atoms with van der Waals surface area (Å²) in [5.74, 6) is 1.19. The number of amides is 1. The van der Waals surface area contributed by atoms with E-state index in [4.69, 9.17) is 21.1 Å². The lowest BCUT2D eigenvalue weighted by Gasteiger charge is -2.16. The average molecular weight is 334 g/mol. The van der Waals surface area contributed by atoms with Gasteiger partial charge in [-0.3, -0.25) is 4.79 Å². The number of benzene rings is 2. The van der Waals surface area contributed by atoms with Gasteiger partial charge in [0, 0.05) is 10.7 Å². The molecule has 5 heteroatoms. The third-order valence-corrected chi connectivity index (χ3v) is 3.48. The molecule has 0 unspecified atom stereocenters. The van der Waals surface area contributed by atoms with Crippen LogP contribution in [-0.4, -0.2) is 18.6 Å². The van der Waals surface area contributed by atoms with Gasteiger partial charge in [0.15, 0.2) is 6.10 Å². The molecule has 1 N–H and O–H groups in total. The van der Waals surface area contributed by atoms with Crippen LogP contribution in [-0.2, 0) is 4.79 Å². The van der Waals surface area contributed by atoms with Gasteiger partial charge in [-0.2, -0.15) is 0 Å². The highest BCUT2D eigenvalue weighted by Crippen LogP contribution is 2.23. The molecule has 1 atom stereocenters. The summed E-state index contributed by atoms with van der Waals surface area (Å²) in [6, 6.07) is 12.5. The van der Waals surface area contributed by atoms with Crippen LogP contribution in [0.4, 0.5) is 5.69 Å². The Hall–Kier alpha value is -2.20. The standard InChI is InChI=1S/C18H20ClNO3/c1-4-22-16-8-6-15(7-9-16)20-18(21)13(3)23-17-10-5-14(19)11-12(17)2/h5-11,13H,4H2,1-3H3,(H,20,21)/t13-/m1/s1. The Kier molecular flexibility index (Phi) is 5.88. The van der Waals surface area contributed by atoms with Crippen LogP contribution in [0, 0.1) is 6.92 Å². The normalized spacial score (nSPS) is 11.7. The van der Waals surface area contributed by atoms with Crippen molar-refractivity contribution in [1.29, 1.82) is 0 Å². The quantitative estimate of drug-likeness (QED) is 0.849. The van der Waals surface area contributed by atoms with Crippen LogP contribution in [0.3, 0.4) is 0 Å². The highest BCUT2D eigenvalue weighted by molar-refractivity contribution is 6.30. The number of ether oxygens (including phenoxy) is 2. The zero-order valence-electron chi connectivity index (χ0n) is 13.4. The van der Waals surface area contributed by atoms with E-state index >= 15 is 0 Å². The van der Waals surface area contributed by atoms with Crippen LogP contribution >= 0.6 is 11.6 Å². The van der Waals surface area contributed by atoms with Crippen molar-refractivity contribution in [2.45, 2.75) is 26.9 Å². The van der Waals surface area contributed by atoms with Crippen LogP contribution in [0.15, 0.2) is 42.5 Å². The number of carbonyl (C=O) groups excluding carboxylic acids is 1. The number of anilines is 1. The van der Waals surface area contributed by atoms with E-state index in [1.165, 1.54) is 0 Å². The smallest absolute Gasteiger partial charge is 0.265 e. The highest BCUT2D eigenvalue weighted by atomic mass is 35.5. The van der Waals surface area contributed by atoms with Gasteiger partial charge in [-0.25, -0.2) is 0 Å². The lowest BCUT2D eigenvalue weighted by Crippen LogP contribution is -2.30. The third kappa shape index (κ3) is 4.89. The first-order valence-corrected chi connectivity index (χ1v) is 7.84. The summed E-state index contributed by atoms with van der Waals surface area (Å²) < 4.78 is 11.1. The fraction of sp³-hybridized carbons (Fsp3) is 0.278. The van der Waals surface area contributed by atoms with Crippen molar-refractivity contribution >= 4 is 23.2 Å². The van der Waals surface area contributed by atoms with Gasteiger partial charge in [-0.05, 0) is 68.8 Å². The monoisotopic (exact) mass is 333 g/mol. The largest absolute Gasteiger partial charge is 0.494 e. The predicted molar refractivity (Wildman–Crippen MR) is 92.5 cm³/mol. The second-order valence-corrected chi connectivity index (χ2v) is 5.55. The maximum absolute atomic E-state index is 12.2. The molecule has 4 nitrogen and oxygen atoms in total. The fourth-order valence-electron chi connectivity index (χ4n) is 2.03. The van der Waals surface area contributed by atoms with E-state index in [0.29, 0.717) is 23.1 Å². The van der Waals surface area contributed by atoms with E-state index in [1.807, 2.05) is 26.0 Å². The summed E-state index contributed by atoms with van der Waals surface area (Å²) in [6.07, 6.45) is -0.624. The summed E-state index contributed by atoms with van der Waals surface area (Å²) >= 11 is 5.91. The van der Waals surface area contributed by atoms with Crippen molar-refractivity contribution in [3.63, 3.8) is 0 Å². The van der Waals surface area contributed by atoms with Crippen molar-refractivity contribution in [3.8, 4) is 11.5 Å². The molecule has 0 bridgehead atoms. The topological polar surface area (TPSA) is 47.6 Å². The molecule has 2 aromatic rings. The molecule has 1 amide bonds. The van der Waals surface area contributed by atoms with E-state index < -0.39 is 6.10 Å². The molecule has 0 aliphatic rings. The average Bonchev–Trinajstić information content (AvgIpc) is 2.52. The van der Waals surface area contributed by atoms with Gasteiger partial charge >= 0.3 is 0 Å². The molecule has 122 valence electrons. The first-order chi connectivity index (χ1) is 11.0. The number of nitrogens with one attached hydrogen (secondary N) is 1. The van der Waals surface area contributed by atoms with Gasteiger partial charge in [0.25, 0.3) is 5.91 Å². The molecule has 0 aliphatic carbocycles. The molecule has 0 spiro atoms. The minimum Gasteiger partial charge on any atom is -0.494 e. The number of hydrogen-bond donors (Lipinski definition) is 1. The second kappa shape index (κ2) is 7.88. The van der Waals surface area contributed by atoms with E-state index in [1.54, 1.807) is 37.3 Å². The van der Waals surface area contributed by atoms with Crippen molar-refractivity contribution in [3.05, 3.63) is 53.1 Å². The van der Waals surface area contributed by atoms with E-state index in [2.05, 4.69) is 5.32 Å². The Labute approximate surface area is 141 Å². The Bertz CT molecular complexity index is 670. The molecule has 2 rings (SSSR count). The van der Waals surface area contributed by atoms with Gasteiger partial charge in [0.2, 0.25) is 0 Å². The van der Waals surface area contributed by atoms with Gasteiger partial charge in [0.1, 0.15) is 11.5 Å². The van der Waals surface area contributed by atoms with Gasteiger partial charge in [-0.15, -0.1) is 0 Å². The molecule has 0 fully saturated rings. The first-order valence-electron chi connectivity index (χ1n) is 7.46. The zero-order chi connectivity index (χ0) is 16.8. The maximum Gasteiger partial charge on any atom is 0.265 e. The van der Waals surface area contributed by atoms with Crippen molar-refractivity contribution < 1.29 is 14.3 Å². The summed E-state index contributed by atoms with van der Waals surface area (Å²) in [7, 11) is 0. The zero-order valence-corrected chi connectivity index (χ0v) is 14.2. The van der Waals surface area contributed by atoms with Gasteiger partial charge in [0.05, 0.1) is 6.61 Å². The molecule has 0 aromatic heterocycles. The van der Waals surface area contributed by atoms with Crippen LogP contribution < -0.4 is 14.8 Å². The third-order valence-electron chi connectivity index (χ3n) is 3.24. The Morgan fingerprint density at radius 3 is 2.52 bits per heavy atom. The maximum atomic E-state index is 12.2. The Balaban J connectivity index is 1.96.